The molecule has 132 valence electrons. The van der Waals surface area contributed by atoms with Crippen molar-refractivity contribution in [3.05, 3.63) is 23.8 Å². The minimum atomic E-state index is -0.522. The Labute approximate surface area is 144 Å². The lowest BCUT2D eigenvalue weighted by molar-refractivity contribution is -0.131. The summed E-state index contributed by atoms with van der Waals surface area (Å²) in [6.07, 6.45) is 4.06. The monoisotopic (exact) mass is 332 g/mol. The van der Waals surface area contributed by atoms with E-state index in [1.165, 1.54) is 13.3 Å². The Bertz CT molecular complexity index is 600. The van der Waals surface area contributed by atoms with Crippen LogP contribution in [0.4, 0.5) is 11.4 Å². The van der Waals surface area contributed by atoms with Crippen molar-refractivity contribution >= 4 is 23.2 Å². The normalized spacial score (nSPS) is 21.8. The molecule has 1 aliphatic carbocycles. The Balaban J connectivity index is 2.00. The van der Waals surface area contributed by atoms with Crippen LogP contribution in [0.2, 0.25) is 0 Å². The zero-order chi connectivity index (χ0) is 17.7. The predicted molar refractivity (Wildman–Crippen MR) is 96.1 cm³/mol. The number of amides is 2. The fraction of sp³-hybridized carbons (Fsp3) is 0.579. The molecule has 2 N–H and O–H groups in total. The third-order valence-corrected chi connectivity index (χ3v) is 4.40. The molecule has 0 radical (unpaired) electrons. The molecule has 3 atom stereocenters. The lowest BCUT2D eigenvalue weighted by atomic mass is 9.88. The number of ether oxygens (including phenoxy) is 1. The Morgan fingerprint density at radius 2 is 1.96 bits per heavy atom. The highest BCUT2D eigenvalue weighted by molar-refractivity contribution is 6.00. The Hall–Kier alpha value is -1.88. The van der Waals surface area contributed by atoms with E-state index in [0.29, 0.717) is 17.3 Å². The molecule has 0 bridgehead atoms. The van der Waals surface area contributed by atoms with Crippen molar-refractivity contribution in [1.29, 1.82) is 0 Å². The van der Waals surface area contributed by atoms with E-state index in [2.05, 4.69) is 17.6 Å². The molecule has 1 aliphatic rings. The Morgan fingerprint density at radius 1 is 1.21 bits per heavy atom. The summed E-state index contributed by atoms with van der Waals surface area (Å²) < 4.78 is 5.95. The molecular formula is C19H28N2O3. The van der Waals surface area contributed by atoms with Gasteiger partial charge in [0.1, 0.15) is 6.10 Å². The third kappa shape index (κ3) is 5.34. The highest BCUT2D eigenvalue weighted by Gasteiger charge is 2.24. The first-order chi connectivity index (χ1) is 11.3. The average Bonchev–Trinajstić information content (AvgIpc) is 2.49. The van der Waals surface area contributed by atoms with Gasteiger partial charge in [-0.25, -0.2) is 0 Å². The lowest BCUT2D eigenvalue weighted by Gasteiger charge is -2.29. The van der Waals surface area contributed by atoms with Gasteiger partial charge >= 0.3 is 0 Å². The summed E-state index contributed by atoms with van der Waals surface area (Å²) in [7, 11) is 0. The van der Waals surface area contributed by atoms with E-state index >= 15 is 0 Å². The van der Waals surface area contributed by atoms with Crippen LogP contribution in [0.5, 0.6) is 0 Å². The first-order valence-corrected chi connectivity index (χ1v) is 8.69. The van der Waals surface area contributed by atoms with Crippen LogP contribution in [0.15, 0.2) is 18.2 Å². The Morgan fingerprint density at radius 3 is 2.62 bits per heavy atom. The van der Waals surface area contributed by atoms with E-state index in [-0.39, 0.29) is 17.9 Å². The van der Waals surface area contributed by atoms with Crippen LogP contribution in [-0.2, 0) is 14.3 Å². The third-order valence-electron chi connectivity index (χ3n) is 4.40. The SMILES string of the molecule is CC(=O)Nc1ccc(C)cc1NC(=O)C(C)OC1CCCC(C)C1. The highest BCUT2D eigenvalue weighted by atomic mass is 16.5. The fourth-order valence-corrected chi connectivity index (χ4v) is 3.15. The van der Waals surface area contributed by atoms with Crippen molar-refractivity contribution < 1.29 is 14.3 Å². The van der Waals surface area contributed by atoms with Crippen LogP contribution < -0.4 is 10.6 Å². The number of carbonyl (C=O) groups excluding carboxylic acids is 2. The molecule has 2 rings (SSSR count). The molecule has 1 aromatic carbocycles. The number of hydrogen-bond acceptors (Lipinski definition) is 3. The summed E-state index contributed by atoms with van der Waals surface area (Å²) in [5, 5.41) is 5.62. The molecule has 1 saturated carbocycles. The molecule has 1 fully saturated rings. The van der Waals surface area contributed by atoms with Crippen molar-refractivity contribution in [2.75, 3.05) is 10.6 Å². The van der Waals surface area contributed by atoms with E-state index in [0.717, 1.165) is 24.8 Å². The first kappa shape index (κ1) is 18.5. The maximum Gasteiger partial charge on any atom is 0.253 e. The highest BCUT2D eigenvalue weighted by Crippen LogP contribution is 2.27. The van der Waals surface area contributed by atoms with E-state index < -0.39 is 6.10 Å². The second-order valence-electron chi connectivity index (χ2n) is 6.89. The van der Waals surface area contributed by atoms with Crippen molar-refractivity contribution in [3.63, 3.8) is 0 Å². The topological polar surface area (TPSA) is 67.4 Å². The van der Waals surface area contributed by atoms with Gasteiger partial charge in [-0.15, -0.1) is 0 Å². The second kappa shape index (κ2) is 8.29. The smallest absolute Gasteiger partial charge is 0.253 e. The van der Waals surface area contributed by atoms with Crippen molar-refractivity contribution in [2.24, 2.45) is 5.92 Å². The van der Waals surface area contributed by atoms with E-state index in [1.54, 1.807) is 13.0 Å². The van der Waals surface area contributed by atoms with Crippen LogP contribution in [-0.4, -0.2) is 24.0 Å². The van der Waals surface area contributed by atoms with Gasteiger partial charge in [-0.1, -0.05) is 25.8 Å². The number of nitrogens with one attached hydrogen (secondary N) is 2. The van der Waals surface area contributed by atoms with Gasteiger partial charge in [0.05, 0.1) is 17.5 Å². The molecule has 0 aromatic heterocycles. The molecule has 3 unspecified atom stereocenters. The molecule has 24 heavy (non-hydrogen) atoms. The molecule has 2 amide bonds. The predicted octanol–water partition coefficient (Wildman–Crippen LogP) is 3.88. The van der Waals surface area contributed by atoms with E-state index in [9.17, 15) is 9.59 Å². The van der Waals surface area contributed by atoms with E-state index in [4.69, 9.17) is 4.74 Å². The summed E-state index contributed by atoms with van der Waals surface area (Å²) in [4.78, 5) is 23.8. The zero-order valence-corrected chi connectivity index (χ0v) is 15.0. The second-order valence-corrected chi connectivity index (χ2v) is 6.89. The van der Waals surface area contributed by atoms with Crippen molar-refractivity contribution in [2.45, 2.75) is 65.6 Å². The lowest BCUT2D eigenvalue weighted by Crippen LogP contribution is -2.33. The van der Waals surface area contributed by atoms with Crippen LogP contribution in [0.3, 0.4) is 0 Å². The van der Waals surface area contributed by atoms with Gasteiger partial charge in [-0.3, -0.25) is 9.59 Å². The molecule has 0 aliphatic heterocycles. The molecule has 0 spiro atoms. The number of aryl methyl sites for hydroxylation is 1. The summed E-state index contributed by atoms with van der Waals surface area (Å²) >= 11 is 0. The summed E-state index contributed by atoms with van der Waals surface area (Å²) in [5.41, 5.74) is 2.21. The van der Waals surface area contributed by atoms with Gasteiger partial charge in [-0.05, 0) is 50.3 Å². The van der Waals surface area contributed by atoms with Crippen LogP contribution >= 0.6 is 0 Å². The number of rotatable bonds is 5. The van der Waals surface area contributed by atoms with Gasteiger partial charge in [0.2, 0.25) is 5.91 Å². The fourth-order valence-electron chi connectivity index (χ4n) is 3.15. The summed E-state index contributed by atoms with van der Waals surface area (Å²) in [6.45, 7) is 7.40. The maximum atomic E-state index is 12.5. The van der Waals surface area contributed by atoms with Crippen LogP contribution in [0.25, 0.3) is 0 Å². The maximum absolute atomic E-state index is 12.5. The van der Waals surface area contributed by atoms with Gasteiger partial charge in [0, 0.05) is 6.92 Å². The molecule has 5 nitrogen and oxygen atoms in total. The van der Waals surface area contributed by atoms with Crippen molar-refractivity contribution in [3.8, 4) is 0 Å². The number of benzene rings is 1. The van der Waals surface area contributed by atoms with Crippen molar-refractivity contribution in [1.82, 2.24) is 0 Å². The molecule has 0 saturated heterocycles. The van der Waals surface area contributed by atoms with Gasteiger partial charge in [0.15, 0.2) is 0 Å². The van der Waals surface area contributed by atoms with Gasteiger partial charge in [-0.2, -0.15) is 0 Å². The minimum Gasteiger partial charge on any atom is -0.365 e. The molecule has 0 heterocycles. The number of anilines is 2. The average molecular weight is 332 g/mol. The number of hydrogen-bond donors (Lipinski definition) is 2. The van der Waals surface area contributed by atoms with Crippen LogP contribution in [0, 0.1) is 12.8 Å². The first-order valence-electron chi connectivity index (χ1n) is 8.69. The van der Waals surface area contributed by atoms with E-state index in [1.807, 2.05) is 19.1 Å². The quantitative estimate of drug-likeness (QED) is 0.860. The summed E-state index contributed by atoms with van der Waals surface area (Å²) in [5.74, 6) is 0.294. The van der Waals surface area contributed by atoms with Gasteiger partial charge < -0.3 is 15.4 Å². The van der Waals surface area contributed by atoms with Crippen LogP contribution in [0.1, 0.15) is 52.0 Å². The summed E-state index contributed by atoms with van der Waals surface area (Å²) in [6, 6.07) is 5.53. The standard InChI is InChI=1S/C19H28N2O3/c1-12-6-5-7-16(10-12)24-14(3)19(23)21-18-11-13(2)8-9-17(18)20-15(4)22/h8-9,11-12,14,16H,5-7,10H2,1-4H3,(H,20,22)(H,21,23). The molecule has 5 heteroatoms. The molecule has 1 aromatic rings. The molecular weight excluding hydrogens is 304 g/mol. The van der Waals surface area contributed by atoms with Gasteiger partial charge in [0.25, 0.3) is 5.91 Å². The number of carbonyl (C=O) groups is 2. The zero-order valence-electron chi connectivity index (χ0n) is 15.0. The Kier molecular flexibility index (Phi) is 6.37. The largest absolute Gasteiger partial charge is 0.365 e. The minimum absolute atomic E-state index is 0.154.